The van der Waals surface area contributed by atoms with Crippen LogP contribution in [0.2, 0.25) is 5.02 Å². The molecule has 1 aliphatic heterocycles. The highest BCUT2D eigenvalue weighted by atomic mass is 35.5. The number of amides is 2. The van der Waals surface area contributed by atoms with E-state index in [1.807, 2.05) is 18.2 Å². The third-order valence-corrected chi connectivity index (χ3v) is 4.62. The van der Waals surface area contributed by atoms with E-state index in [0.717, 1.165) is 18.2 Å². The molecule has 0 N–H and O–H groups in total. The van der Waals surface area contributed by atoms with Gasteiger partial charge in [-0.05, 0) is 37.8 Å². The first-order valence-corrected chi connectivity index (χ1v) is 7.70. The molecule has 2 aliphatic rings. The molecule has 2 heterocycles. The second kappa shape index (κ2) is 4.92. The first-order valence-electron chi connectivity index (χ1n) is 7.32. The predicted molar refractivity (Wildman–Crippen MR) is 84.7 cm³/mol. The quantitative estimate of drug-likeness (QED) is 0.755. The monoisotopic (exact) mass is 312 g/mol. The Morgan fingerprint density at radius 1 is 1.00 bits per heavy atom. The van der Waals surface area contributed by atoms with Gasteiger partial charge in [-0.15, -0.1) is 0 Å². The summed E-state index contributed by atoms with van der Waals surface area (Å²) in [6.45, 7) is 0. The second-order valence-corrected chi connectivity index (χ2v) is 5.99. The van der Waals surface area contributed by atoms with Gasteiger partial charge in [0.25, 0.3) is 11.8 Å². The normalized spacial score (nSPS) is 18.3. The van der Waals surface area contributed by atoms with Crippen molar-refractivity contribution in [2.75, 3.05) is 4.90 Å². The Balaban J connectivity index is 1.92. The lowest BCUT2D eigenvalue weighted by Crippen LogP contribution is -2.32. The van der Waals surface area contributed by atoms with Gasteiger partial charge in [0.05, 0.1) is 16.2 Å². The van der Waals surface area contributed by atoms with Crippen LogP contribution in [0.15, 0.2) is 41.6 Å². The van der Waals surface area contributed by atoms with Gasteiger partial charge in [0, 0.05) is 22.7 Å². The maximum atomic E-state index is 12.7. The Morgan fingerprint density at radius 3 is 2.36 bits per heavy atom. The van der Waals surface area contributed by atoms with Crippen LogP contribution >= 0.6 is 11.6 Å². The summed E-state index contributed by atoms with van der Waals surface area (Å²) in [5.41, 5.74) is 2.29. The Kier molecular flexibility index (Phi) is 3.01. The van der Waals surface area contributed by atoms with Crippen molar-refractivity contribution in [2.24, 2.45) is 0 Å². The smallest absolute Gasteiger partial charge is 0.261 e. The highest BCUT2D eigenvalue weighted by molar-refractivity contribution is 6.41. The Bertz CT molecular complexity index is 829. The molecule has 1 aromatic heterocycles. The van der Waals surface area contributed by atoms with Crippen molar-refractivity contribution < 1.29 is 9.59 Å². The molecule has 0 fully saturated rings. The van der Waals surface area contributed by atoms with E-state index < -0.39 is 0 Å². The SMILES string of the molecule is O=C1C2=C(CCCC2)C(=O)N1c1c(Cl)ccc2cccnc12. The molecular formula is C17H13ClN2O2. The molecule has 0 unspecified atom stereocenters. The molecule has 4 nitrogen and oxygen atoms in total. The molecule has 0 bridgehead atoms. The Hall–Kier alpha value is -2.20. The molecule has 2 aromatic rings. The number of benzene rings is 1. The minimum Gasteiger partial charge on any atom is -0.269 e. The third kappa shape index (κ3) is 1.80. The van der Waals surface area contributed by atoms with Crippen molar-refractivity contribution in [2.45, 2.75) is 25.7 Å². The predicted octanol–water partition coefficient (Wildman–Crippen LogP) is 3.63. The Morgan fingerprint density at radius 2 is 1.68 bits per heavy atom. The number of pyridine rings is 1. The number of aromatic nitrogens is 1. The highest BCUT2D eigenvalue weighted by Crippen LogP contribution is 2.40. The van der Waals surface area contributed by atoms with E-state index in [9.17, 15) is 9.59 Å². The van der Waals surface area contributed by atoms with Crippen LogP contribution in [0, 0.1) is 0 Å². The van der Waals surface area contributed by atoms with Crippen molar-refractivity contribution >= 4 is 40.0 Å². The molecule has 0 saturated carbocycles. The number of nitrogens with zero attached hydrogens (tertiary/aromatic N) is 2. The number of halogens is 1. The Labute approximate surface area is 132 Å². The van der Waals surface area contributed by atoms with Crippen LogP contribution in [0.1, 0.15) is 25.7 Å². The van der Waals surface area contributed by atoms with E-state index in [1.165, 1.54) is 4.90 Å². The molecule has 0 spiro atoms. The van der Waals surface area contributed by atoms with Crippen LogP contribution in [0.25, 0.3) is 10.9 Å². The van der Waals surface area contributed by atoms with E-state index in [2.05, 4.69) is 4.98 Å². The number of imide groups is 1. The molecule has 0 atom stereocenters. The number of hydrogen-bond acceptors (Lipinski definition) is 3. The van der Waals surface area contributed by atoms with Crippen molar-refractivity contribution in [3.63, 3.8) is 0 Å². The van der Waals surface area contributed by atoms with Crippen molar-refractivity contribution in [3.8, 4) is 0 Å². The molecule has 2 amide bonds. The zero-order valence-electron chi connectivity index (χ0n) is 11.8. The molecule has 0 radical (unpaired) electrons. The van der Waals surface area contributed by atoms with Gasteiger partial charge in [0.2, 0.25) is 0 Å². The molecule has 0 saturated heterocycles. The van der Waals surface area contributed by atoms with Crippen LogP contribution in [0.4, 0.5) is 5.69 Å². The van der Waals surface area contributed by atoms with E-state index in [4.69, 9.17) is 11.6 Å². The zero-order chi connectivity index (χ0) is 15.3. The zero-order valence-corrected chi connectivity index (χ0v) is 12.6. The number of anilines is 1. The minimum absolute atomic E-state index is 0.236. The first kappa shape index (κ1) is 13.5. The average Bonchev–Trinajstić information content (AvgIpc) is 2.80. The topological polar surface area (TPSA) is 50.3 Å². The summed E-state index contributed by atoms with van der Waals surface area (Å²) < 4.78 is 0. The van der Waals surface area contributed by atoms with Crippen LogP contribution < -0.4 is 4.90 Å². The van der Waals surface area contributed by atoms with Crippen molar-refractivity contribution in [1.29, 1.82) is 0 Å². The number of carbonyl (C=O) groups is 2. The van der Waals surface area contributed by atoms with Crippen LogP contribution in [0.5, 0.6) is 0 Å². The molecule has 1 aromatic carbocycles. The summed E-state index contributed by atoms with van der Waals surface area (Å²) in [4.78, 5) is 31.0. The van der Waals surface area contributed by atoms with Gasteiger partial charge in [-0.1, -0.05) is 23.7 Å². The fraction of sp³-hybridized carbons (Fsp3) is 0.235. The van der Waals surface area contributed by atoms with Gasteiger partial charge in [-0.25, -0.2) is 4.90 Å². The van der Waals surface area contributed by atoms with Crippen LogP contribution in [-0.2, 0) is 9.59 Å². The molecule has 4 rings (SSSR count). The van der Waals surface area contributed by atoms with Gasteiger partial charge in [-0.2, -0.15) is 0 Å². The van der Waals surface area contributed by atoms with E-state index in [0.29, 0.717) is 40.2 Å². The van der Waals surface area contributed by atoms with Gasteiger partial charge in [0.1, 0.15) is 0 Å². The highest BCUT2D eigenvalue weighted by Gasteiger charge is 2.41. The van der Waals surface area contributed by atoms with E-state index in [-0.39, 0.29) is 11.8 Å². The first-order chi connectivity index (χ1) is 10.7. The summed E-state index contributed by atoms with van der Waals surface area (Å²) in [7, 11) is 0. The van der Waals surface area contributed by atoms with Crippen LogP contribution in [-0.4, -0.2) is 16.8 Å². The average molecular weight is 313 g/mol. The van der Waals surface area contributed by atoms with E-state index >= 15 is 0 Å². The molecule has 1 aliphatic carbocycles. The summed E-state index contributed by atoms with van der Waals surface area (Å²) in [5.74, 6) is -0.473. The fourth-order valence-electron chi connectivity index (χ4n) is 3.26. The molecule has 110 valence electrons. The lowest BCUT2D eigenvalue weighted by Gasteiger charge is -2.18. The lowest BCUT2D eigenvalue weighted by molar-refractivity contribution is -0.120. The van der Waals surface area contributed by atoms with Crippen molar-refractivity contribution in [3.05, 3.63) is 46.6 Å². The standard InChI is InChI=1S/C17H13ClN2O2/c18-13-8-7-10-4-3-9-19-14(10)15(13)20-16(21)11-5-1-2-6-12(11)17(20)22/h3-4,7-9H,1-2,5-6H2. The maximum Gasteiger partial charge on any atom is 0.261 e. The number of fused-ring (bicyclic) bond motifs is 1. The van der Waals surface area contributed by atoms with Gasteiger partial charge < -0.3 is 0 Å². The maximum absolute atomic E-state index is 12.7. The third-order valence-electron chi connectivity index (χ3n) is 4.31. The van der Waals surface area contributed by atoms with E-state index in [1.54, 1.807) is 12.3 Å². The summed E-state index contributed by atoms with van der Waals surface area (Å²) in [6, 6.07) is 7.25. The van der Waals surface area contributed by atoms with Crippen LogP contribution in [0.3, 0.4) is 0 Å². The van der Waals surface area contributed by atoms with Gasteiger partial charge >= 0.3 is 0 Å². The second-order valence-electron chi connectivity index (χ2n) is 5.58. The number of hydrogen-bond donors (Lipinski definition) is 0. The fourth-order valence-corrected chi connectivity index (χ4v) is 3.50. The molecular weight excluding hydrogens is 300 g/mol. The summed E-state index contributed by atoms with van der Waals surface area (Å²) in [6.07, 6.45) is 4.89. The summed E-state index contributed by atoms with van der Waals surface area (Å²) >= 11 is 6.31. The lowest BCUT2D eigenvalue weighted by atomic mass is 9.93. The number of carbonyl (C=O) groups excluding carboxylic acids is 2. The number of rotatable bonds is 1. The molecule has 5 heteroatoms. The largest absolute Gasteiger partial charge is 0.269 e. The molecule has 22 heavy (non-hydrogen) atoms. The minimum atomic E-state index is -0.236. The van der Waals surface area contributed by atoms with Crippen molar-refractivity contribution in [1.82, 2.24) is 4.98 Å². The van der Waals surface area contributed by atoms with Gasteiger partial charge in [-0.3, -0.25) is 14.6 Å². The summed E-state index contributed by atoms with van der Waals surface area (Å²) in [5, 5.41) is 1.22. The van der Waals surface area contributed by atoms with Gasteiger partial charge in [0.15, 0.2) is 0 Å².